The first-order chi connectivity index (χ1) is 8.72. The van der Waals surface area contributed by atoms with Crippen LogP contribution in [0, 0.1) is 5.21 Å². The first kappa shape index (κ1) is 12.7. The quantitative estimate of drug-likeness (QED) is 0.769. The fraction of sp³-hybridized carbons (Fsp3) is 0.462. The van der Waals surface area contributed by atoms with Crippen LogP contribution in [0.1, 0.15) is 24.8 Å². The largest absolute Gasteiger partial charge is 0.497 e. The second-order valence-corrected chi connectivity index (χ2v) is 4.04. The number of benzene rings is 1. The lowest BCUT2D eigenvalue weighted by molar-refractivity contribution is -0.768. The lowest BCUT2D eigenvalue weighted by Gasteiger charge is -2.26. The Morgan fingerprint density at radius 2 is 2.11 bits per heavy atom. The van der Waals surface area contributed by atoms with Crippen LogP contribution in [0.15, 0.2) is 24.3 Å². The third-order valence-corrected chi connectivity index (χ3v) is 2.87. The minimum atomic E-state index is -0.482. The van der Waals surface area contributed by atoms with Crippen molar-refractivity contribution < 1.29 is 19.2 Å². The van der Waals surface area contributed by atoms with Crippen LogP contribution in [0.2, 0.25) is 0 Å². The van der Waals surface area contributed by atoms with Gasteiger partial charge in [-0.2, -0.15) is 0 Å². The molecule has 0 aliphatic carbocycles. The smallest absolute Gasteiger partial charge is 0.217 e. The van der Waals surface area contributed by atoms with Crippen molar-refractivity contribution in [1.82, 2.24) is 0 Å². The molecule has 1 heterocycles. The fourth-order valence-corrected chi connectivity index (χ4v) is 1.97. The molecule has 5 nitrogen and oxygen atoms in total. The van der Waals surface area contributed by atoms with E-state index in [2.05, 4.69) is 0 Å². The van der Waals surface area contributed by atoms with E-state index in [0.29, 0.717) is 17.9 Å². The number of hydrogen-bond donors (Lipinski definition) is 0. The van der Waals surface area contributed by atoms with Crippen LogP contribution in [0.25, 0.3) is 0 Å². The average molecular weight is 251 g/mol. The SMILES string of the molecule is CCO[C@@H]1C[C@@H](c2ccc(OC)cc2)C=[N+]([O-])O1. The second-order valence-electron chi connectivity index (χ2n) is 4.04. The maximum absolute atomic E-state index is 11.4. The minimum Gasteiger partial charge on any atom is -0.497 e. The summed E-state index contributed by atoms with van der Waals surface area (Å²) in [6.45, 7) is 2.40. The summed E-state index contributed by atoms with van der Waals surface area (Å²) >= 11 is 0. The summed E-state index contributed by atoms with van der Waals surface area (Å²) in [4.78, 5) is 5.48. The van der Waals surface area contributed by atoms with E-state index in [4.69, 9.17) is 14.3 Å². The third-order valence-electron chi connectivity index (χ3n) is 2.87. The number of nitrogens with zero attached hydrogens (tertiary/aromatic N) is 1. The van der Waals surface area contributed by atoms with Crippen molar-refractivity contribution in [2.45, 2.75) is 25.6 Å². The highest BCUT2D eigenvalue weighted by Gasteiger charge is 2.25. The Labute approximate surface area is 106 Å². The molecule has 0 radical (unpaired) electrons. The maximum atomic E-state index is 11.4. The van der Waals surface area contributed by atoms with Gasteiger partial charge in [0.05, 0.1) is 13.0 Å². The van der Waals surface area contributed by atoms with Crippen molar-refractivity contribution in [2.24, 2.45) is 0 Å². The van der Waals surface area contributed by atoms with Crippen molar-refractivity contribution in [3.05, 3.63) is 35.0 Å². The Morgan fingerprint density at radius 3 is 2.72 bits per heavy atom. The molecule has 1 aromatic carbocycles. The van der Waals surface area contributed by atoms with Crippen molar-refractivity contribution in [1.29, 1.82) is 0 Å². The molecule has 0 amide bonds. The van der Waals surface area contributed by atoms with Crippen molar-refractivity contribution in [2.75, 3.05) is 13.7 Å². The van der Waals surface area contributed by atoms with Crippen LogP contribution in [0.4, 0.5) is 0 Å². The van der Waals surface area contributed by atoms with Gasteiger partial charge in [-0.25, -0.2) is 0 Å². The Morgan fingerprint density at radius 1 is 1.39 bits per heavy atom. The molecule has 5 heteroatoms. The first-order valence-corrected chi connectivity index (χ1v) is 5.96. The second kappa shape index (κ2) is 5.73. The molecule has 0 saturated carbocycles. The van der Waals surface area contributed by atoms with E-state index in [1.54, 1.807) is 7.11 Å². The predicted octanol–water partition coefficient (Wildman–Crippen LogP) is 2.06. The Kier molecular flexibility index (Phi) is 4.04. The highest BCUT2D eigenvalue weighted by molar-refractivity contribution is 5.63. The zero-order chi connectivity index (χ0) is 13.0. The van der Waals surface area contributed by atoms with Crippen molar-refractivity contribution in [3.63, 3.8) is 0 Å². The molecular weight excluding hydrogens is 234 g/mol. The van der Waals surface area contributed by atoms with E-state index >= 15 is 0 Å². The van der Waals surface area contributed by atoms with Gasteiger partial charge in [-0.15, -0.1) is 0 Å². The molecule has 2 atom stereocenters. The summed E-state index contributed by atoms with van der Waals surface area (Å²) in [5, 5.41) is 11.4. The van der Waals surface area contributed by atoms with Gasteiger partial charge in [0.25, 0.3) is 0 Å². The summed E-state index contributed by atoms with van der Waals surface area (Å²) in [5.74, 6) is 0.796. The zero-order valence-electron chi connectivity index (χ0n) is 10.5. The van der Waals surface area contributed by atoms with Crippen molar-refractivity contribution >= 4 is 6.21 Å². The summed E-state index contributed by atoms with van der Waals surface area (Å²) in [6, 6.07) is 7.65. The van der Waals surface area contributed by atoms with Gasteiger partial charge in [0, 0.05) is 17.9 Å². The highest BCUT2D eigenvalue weighted by atomic mass is 16.9. The van der Waals surface area contributed by atoms with E-state index < -0.39 is 6.29 Å². The molecule has 18 heavy (non-hydrogen) atoms. The summed E-state index contributed by atoms with van der Waals surface area (Å²) in [7, 11) is 1.63. The first-order valence-electron chi connectivity index (χ1n) is 5.96. The molecule has 0 unspecified atom stereocenters. The topological polar surface area (TPSA) is 53.8 Å². The van der Waals surface area contributed by atoms with E-state index in [0.717, 1.165) is 11.3 Å². The van der Waals surface area contributed by atoms with Gasteiger partial charge in [-0.05, 0) is 24.6 Å². The molecule has 1 aliphatic rings. The molecule has 1 aliphatic heterocycles. The number of ether oxygens (including phenoxy) is 2. The third kappa shape index (κ3) is 2.92. The fourth-order valence-electron chi connectivity index (χ4n) is 1.97. The van der Waals surface area contributed by atoms with Gasteiger partial charge in [0.2, 0.25) is 6.21 Å². The average Bonchev–Trinajstić information content (AvgIpc) is 2.38. The van der Waals surface area contributed by atoms with Gasteiger partial charge >= 0.3 is 0 Å². The summed E-state index contributed by atoms with van der Waals surface area (Å²) in [5.41, 5.74) is 1.05. The molecule has 0 N–H and O–H groups in total. The lowest BCUT2D eigenvalue weighted by Crippen LogP contribution is -2.31. The van der Waals surface area contributed by atoms with Crippen LogP contribution in [0.3, 0.4) is 0 Å². The molecule has 0 saturated heterocycles. The van der Waals surface area contributed by atoms with Crippen LogP contribution in [0.5, 0.6) is 5.75 Å². The van der Waals surface area contributed by atoms with E-state index in [-0.39, 0.29) is 5.92 Å². The molecule has 0 bridgehead atoms. The van der Waals surface area contributed by atoms with E-state index in [9.17, 15) is 5.21 Å². The molecule has 0 aromatic heterocycles. The van der Waals surface area contributed by atoms with Crippen LogP contribution >= 0.6 is 0 Å². The summed E-state index contributed by atoms with van der Waals surface area (Å²) in [6.07, 6.45) is 1.67. The maximum Gasteiger partial charge on any atom is 0.217 e. The van der Waals surface area contributed by atoms with Crippen LogP contribution in [-0.4, -0.2) is 31.1 Å². The zero-order valence-corrected chi connectivity index (χ0v) is 10.5. The Balaban J connectivity index is 2.13. The Bertz CT molecular complexity index is 416. The number of rotatable bonds is 4. The van der Waals surface area contributed by atoms with Crippen LogP contribution < -0.4 is 4.74 Å². The van der Waals surface area contributed by atoms with Gasteiger partial charge in [0.15, 0.2) is 6.29 Å². The predicted molar refractivity (Wildman–Crippen MR) is 66.5 cm³/mol. The number of hydrogen-bond acceptors (Lipinski definition) is 4. The molecule has 98 valence electrons. The van der Waals surface area contributed by atoms with Gasteiger partial charge in [-0.1, -0.05) is 12.1 Å². The molecule has 0 spiro atoms. The van der Waals surface area contributed by atoms with E-state index in [1.807, 2.05) is 31.2 Å². The molecular formula is C13H17NO4. The van der Waals surface area contributed by atoms with Crippen molar-refractivity contribution in [3.8, 4) is 5.75 Å². The standard InChI is InChI=1S/C13H17NO4/c1-3-17-13-8-11(9-14(15)18-13)10-4-6-12(16-2)7-5-10/h4-7,9,11,13H,3,8H2,1-2H3/t11-,13+/m1/s1. The van der Waals surface area contributed by atoms with Crippen LogP contribution in [-0.2, 0) is 9.57 Å². The summed E-state index contributed by atoms with van der Waals surface area (Å²) < 4.78 is 10.4. The Hall–Kier alpha value is -1.75. The van der Waals surface area contributed by atoms with Gasteiger partial charge in [-0.3, -0.25) is 5.21 Å². The van der Waals surface area contributed by atoms with Gasteiger partial charge in [0.1, 0.15) is 5.75 Å². The number of methoxy groups -OCH3 is 1. The molecule has 1 aromatic rings. The monoisotopic (exact) mass is 251 g/mol. The van der Waals surface area contributed by atoms with E-state index in [1.165, 1.54) is 6.21 Å². The molecule has 0 fully saturated rings. The normalized spacial score (nSPS) is 23.1. The minimum absolute atomic E-state index is 0.00120. The highest BCUT2D eigenvalue weighted by Crippen LogP contribution is 2.26. The van der Waals surface area contributed by atoms with Gasteiger partial charge < -0.3 is 14.3 Å². The molecule has 2 rings (SSSR count). The lowest BCUT2D eigenvalue weighted by atomic mass is 9.96.